The number of alkyl halides is 2. The Bertz CT molecular complexity index is 119. The second-order valence-electron chi connectivity index (χ2n) is 2.33. The van der Waals surface area contributed by atoms with Crippen LogP contribution in [0.25, 0.3) is 0 Å². The minimum atomic E-state index is -2.68. The lowest BCUT2D eigenvalue weighted by molar-refractivity contribution is -0.00376. The van der Waals surface area contributed by atoms with Crippen molar-refractivity contribution in [2.24, 2.45) is 0 Å². The maximum atomic E-state index is 11.7. The highest BCUT2D eigenvalue weighted by atomic mass is 19.3. The molecule has 11 heavy (non-hydrogen) atoms. The summed E-state index contributed by atoms with van der Waals surface area (Å²) >= 11 is 0. The van der Waals surface area contributed by atoms with E-state index in [0.717, 1.165) is 0 Å². The van der Waals surface area contributed by atoms with Gasteiger partial charge >= 0.3 is 0 Å². The van der Waals surface area contributed by atoms with Crippen LogP contribution >= 0.6 is 0 Å². The van der Waals surface area contributed by atoms with Crippen LogP contribution in [0.2, 0.25) is 0 Å². The Labute approximate surface area is 64.9 Å². The Hall–Kier alpha value is -0.480. The quantitative estimate of drug-likeness (QED) is 0.590. The number of hydrogen-bond acceptors (Lipinski definition) is 2. The Morgan fingerprint density at radius 2 is 2.18 bits per heavy atom. The molecule has 2 N–H and O–H groups in total. The molecule has 0 saturated heterocycles. The predicted octanol–water partition coefficient (Wildman–Crippen LogP) is 0.776. The average Bonchev–Trinajstić information content (AvgIpc) is 1.99. The van der Waals surface area contributed by atoms with E-state index < -0.39 is 12.5 Å². The summed E-state index contributed by atoms with van der Waals surface area (Å²) in [5.74, 6) is 0. The van der Waals surface area contributed by atoms with E-state index in [2.05, 4.69) is 11.9 Å². The third kappa shape index (κ3) is 4.86. The monoisotopic (exact) mass is 165 g/mol. The zero-order chi connectivity index (χ0) is 8.85. The van der Waals surface area contributed by atoms with Gasteiger partial charge in [-0.25, -0.2) is 8.78 Å². The number of halogens is 2. The van der Waals surface area contributed by atoms with Gasteiger partial charge in [0.2, 0.25) is 0 Å². The van der Waals surface area contributed by atoms with Crippen molar-refractivity contribution >= 4 is 0 Å². The van der Waals surface area contributed by atoms with Crippen LogP contribution in [0.4, 0.5) is 8.78 Å². The zero-order valence-corrected chi connectivity index (χ0v) is 6.43. The minimum Gasteiger partial charge on any atom is -0.386 e. The lowest BCUT2D eigenvalue weighted by Gasteiger charge is -2.13. The van der Waals surface area contributed by atoms with Gasteiger partial charge < -0.3 is 10.4 Å². The van der Waals surface area contributed by atoms with Gasteiger partial charge in [-0.1, -0.05) is 6.08 Å². The van der Waals surface area contributed by atoms with Gasteiger partial charge in [-0.05, 0) is 6.92 Å². The first kappa shape index (κ1) is 10.5. The maximum Gasteiger partial charge on any atom is 0.265 e. The van der Waals surface area contributed by atoms with Crippen molar-refractivity contribution in [2.75, 3.05) is 6.54 Å². The first-order valence-electron chi connectivity index (χ1n) is 3.40. The van der Waals surface area contributed by atoms with Gasteiger partial charge in [-0.3, -0.25) is 0 Å². The van der Waals surface area contributed by atoms with E-state index in [0.29, 0.717) is 0 Å². The molecule has 2 nitrogen and oxygen atoms in total. The fourth-order valence-electron chi connectivity index (χ4n) is 0.479. The predicted molar refractivity (Wildman–Crippen MR) is 39.7 cm³/mol. The molecule has 66 valence electrons. The molecule has 4 heteroatoms. The molecule has 0 aromatic rings. The van der Waals surface area contributed by atoms with Crippen molar-refractivity contribution in [1.82, 2.24) is 5.32 Å². The summed E-state index contributed by atoms with van der Waals surface area (Å²) in [5.41, 5.74) is 0. The van der Waals surface area contributed by atoms with E-state index in [1.54, 1.807) is 13.0 Å². The number of hydrogen-bond donors (Lipinski definition) is 2. The fourth-order valence-corrected chi connectivity index (χ4v) is 0.479. The first-order chi connectivity index (χ1) is 5.07. The van der Waals surface area contributed by atoms with Crippen LogP contribution in [-0.2, 0) is 0 Å². The van der Waals surface area contributed by atoms with Crippen LogP contribution in [-0.4, -0.2) is 30.2 Å². The van der Waals surface area contributed by atoms with Crippen molar-refractivity contribution in [3.05, 3.63) is 12.7 Å². The smallest absolute Gasteiger partial charge is 0.265 e. The molecule has 0 radical (unpaired) electrons. The van der Waals surface area contributed by atoms with Crippen LogP contribution < -0.4 is 5.32 Å². The molecule has 0 aliphatic carbocycles. The summed E-state index contributed by atoms with van der Waals surface area (Å²) in [6.45, 7) is 5.11. The van der Waals surface area contributed by atoms with Crippen LogP contribution in [0, 0.1) is 0 Å². The largest absolute Gasteiger partial charge is 0.386 e. The number of rotatable bonds is 5. The van der Waals surface area contributed by atoms with Crippen molar-refractivity contribution in [1.29, 1.82) is 0 Å². The van der Waals surface area contributed by atoms with Gasteiger partial charge in [-0.15, -0.1) is 6.58 Å². The molecule has 2 unspecified atom stereocenters. The zero-order valence-electron chi connectivity index (χ0n) is 6.43. The Morgan fingerprint density at radius 1 is 1.64 bits per heavy atom. The lowest BCUT2D eigenvalue weighted by Crippen LogP contribution is -2.36. The standard InChI is InChI=1S/C7H13F2NO/c1-3-5(2)10-4-6(11)7(8)9/h3,5-7,10-11H,1,4H2,2H3. The molecule has 0 saturated carbocycles. The summed E-state index contributed by atoms with van der Waals surface area (Å²) in [6, 6.07) is -0.0524. The van der Waals surface area contributed by atoms with E-state index in [-0.39, 0.29) is 12.6 Å². The van der Waals surface area contributed by atoms with Gasteiger partial charge in [0.25, 0.3) is 6.43 Å². The number of aliphatic hydroxyl groups excluding tert-OH is 1. The summed E-state index contributed by atoms with van der Waals surface area (Å²) in [6.07, 6.45) is -2.69. The number of nitrogens with one attached hydrogen (secondary N) is 1. The SMILES string of the molecule is C=CC(C)NCC(O)C(F)F. The van der Waals surface area contributed by atoms with Gasteiger partial charge in [-0.2, -0.15) is 0 Å². The normalized spacial score (nSPS) is 16.5. The van der Waals surface area contributed by atoms with Gasteiger partial charge in [0.15, 0.2) is 0 Å². The second-order valence-corrected chi connectivity index (χ2v) is 2.33. The third-order valence-electron chi connectivity index (χ3n) is 1.29. The number of aliphatic hydroxyl groups is 1. The molecule has 0 aromatic heterocycles. The van der Waals surface area contributed by atoms with Crippen molar-refractivity contribution < 1.29 is 13.9 Å². The Balaban J connectivity index is 3.45. The van der Waals surface area contributed by atoms with Crippen molar-refractivity contribution in [3.8, 4) is 0 Å². The van der Waals surface area contributed by atoms with E-state index >= 15 is 0 Å². The first-order valence-corrected chi connectivity index (χ1v) is 3.40. The molecular formula is C7H13F2NO. The molecule has 0 heterocycles. The minimum absolute atomic E-state index is 0.0524. The van der Waals surface area contributed by atoms with E-state index in [1.807, 2.05) is 0 Å². The van der Waals surface area contributed by atoms with Gasteiger partial charge in [0.05, 0.1) is 0 Å². The molecule has 0 aromatic carbocycles. The maximum absolute atomic E-state index is 11.7. The Kier molecular flexibility index (Phi) is 4.98. The highest BCUT2D eigenvalue weighted by Crippen LogP contribution is 1.98. The molecule has 0 fully saturated rings. The summed E-state index contributed by atoms with van der Waals surface area (Å²) < 4.78 is 23.3. The summed E-state index contributed by atoms with van der Waals surface area (Å²) in [4.78, 5) is 0. The topological polar surface area (TPSA) is 32.3 Å². The van der Waals surface area contributed by atoms with E-state index in [4.69, 9.17) is 5.11 Å². The molecule has 2 atom stereocenters. The van der Waals surface area contributed by atoms with Crippen molar-refractivity contribution in [3.63, 3.8) is 0 Å². The molecular weight excluding hydrogens is 152 g/mol. The second kappa shape index (κ2) is 5.21. The molecule has 0 spiro atoms. The van der Waals surface area contributed by atoms with Crippen LogP contribution in [0.1, 0.15) is 6.92 Å². The third-order valence-corrected chi connectivity index (χ3v) is 1.29. The molecule has 0 amide bonds. The van der Waals surface area contributed by atoms with Crippen LogP contribution in [0.3, 0.4) is 0 Å². The van der Waals surface area contributed by atoms with Crippen LogP contribution in [0.15, 0.2) is 12.7 Å². The summed E-state index contributed by atoms with van der Waals surface area (Å²) in [7, 11) is 0. The molecule has 0 aliphatic heterocycles. The van der Waals surface area contributed by atoms with Gasteiger partial charge in [0, 0.05) is 12.6 Å². The van der Waals surface area contributed by atoms with E-state index in [9.17, 15) is 8.78 Å². The fraction of sp³-hybridized carbons (Fsp3) is 0.714. The molecule has 0 aliphatic rings. The molecule has 0 rings (SSSR count). The lowest BCUT2D eigenvalue weighted by atomic mass is 10.3. The summed E-state index contributed by atoms with van der Waals surface area (Å²) in [5, 5.41) is 11.3. The highest BCUT2D eigenvalue weighted by Gasteiger charge is 2.16. The van der Waals surface area contributed by atoms with Crippen LogP contribution in [0.5, 0.6) is 0 Å². The highest BCUT2D eigenvalue weighted by molar-refractivity contribution is 4.82. The van der Waals surface area contributed by atoms with Crippen molar-refractivity contribution in [2.45, 2.75) is 25.5 Å². The molecule has 0 bridgehead atoms. The van der Waals surface area contributed by atoms with Gasteiger partial charge in [0.1, 0.15) is 6.10 Å². The average molecular weight is 165 g/mol. The van der Waals surface area contributed by atoms with E-state index in [1.165, 1.54) is 0 Å². The Morgan fingerprint density at radius 3 is 2.55 bits per heavy atom.